The van der Waals surface area contributed by atoms with E-state index in [9.17, 15) is 0 Å². The van der Waals surface area contributed by atoms with Gasteiger partial charge in [0.2, 0.25) is 5.13 Å². The van der Waals surface area contributed by atoms with Gasteiger partial charge in [-0.2, -0.15) is 5.10 Å². The van der Waals surface area contributed by atoms with E-state index in [2.05, 4.69) is 79.5 Å². The number of nitrogens with one attached hydrogen (secondary N) is 2. The average Bonchev–Trinajstić information content (AvgIpc) is 3.22. The first kappa shape index (κ1) is 15.3. The van der Waals surface area contributed by atoms with E-state index < -0.39 is 0 Å². The Hall–Kier alpha value is -2.19. The number of halogens is 1. The molecule has 0 spiro atoms. The number of H-pyrrole nitrogens is 1. The molecule has 0 bridgehead atoms. The molecular formula is C18H13IN4S. The number of fused-ring (bicyclic) bond motifs is 1. The number of benzene rings is 2. The normalized spacial score (nSPS) is 11.4. The maximum Gasteiger partial charge on any atom is 0.203 e. The Labute approximate surface area is 156 Å². The molecule has 2 aromatic heterocycles. The highest BCUT2D eigenvalue weighted by atomic mass is 127. The molecule has 0 aliphatic carbocycles. The molecule has 6 heteroatoms. The SMILES string of the molecule is Ic1ccc(-c2csc(N/N=C\c3cc4ccccc4[nH]3)n2)cc1. The lowest BCUT2D eigenvalue weighted by molar-refractivity contribution is 1.28. The molecule has 2 N–H and O–H groups in total. The molecule has 4 rings (SSSR count). The van der Waals surface area contributed by atoms with Gasteiger partial charge in [-0.05, 0) is 46.9 Å². The van der Waals surface area contributed by atoms with Crippen LogP contribution in [-0.4, -0.2) is 16.2 Å². The zero-order valence-electron chi connectivity index (χ0n) is 12.5. The third-order valence-corrected chi connectivity index (χ3v) is 5.02. The fraction of sp³-hybridized carbons (Fsp3) is 0. The highest BCUT2D eigenvalue weighted by molar-refractivity contribution is 14.1. The number of hydrogen-bond donors (Lipinski definition) is 2. The van der Waals surface area contributed by atoms with Gasteiger partial charge in [-0.25, -0.2) is 4.98 Å². The van der Waals surface area contributed by atoms with E-state index in [0.717, 1.165) is 27.6 Å². The minimum atomic E-state index is 0.774. The van der Waals surface area contributed by atoms with Crippen molar-refractivity contribution in [3.63, 3.8) is 0 Å². The van der Waals surface area contributed by atoms with Crippen molar-refractivity contribution in [2.45, 2.75) is 0 Å². The molecule has 4 nitrogen and oxygen atoms in total. The minimum Gasteiger partial charge on any atom is -0.354 e. The molecule has 0 atom stereocenters. The summed E-state index contributed by atoms with van der Waals surface area (Å²) < 4.78 is 1.22. The number of para-hydroxylation sites is 1. The summed E-state index contributed by atoms with van der Waals surface area (Å²) in [6, 6.07) is 18.5. The summed E-state index contributed by atoms with van der Waals surface area (Å²) in [4.78, 5) is 7.88. The van der Waals surface area contributed by atoms with Crippen molar-refractivity contribution in [1.29, 1.82) is 0 Å². The number of hydrogen-bond acceptors (Lipinski definition) is 4. The van der Waals surface area contributed by atoms with Crippen molar-refractivity contribution < 1.29 is 0 Å². The quantitative estimate of drug-likeness (QED) is 0.254. The fourth-order valence-corrected chi connectivity index (χ4v) is 3.43. The number of hydrazone groups is 1. The molecule has 0 aliphatic rings. The third-order valence-electron chi connectivity index (χ3n) is 3.56. The van der Waals surface area contributed by atoms with Gasteiger partial charge in [-0.3, -0.25) is 5.43 Å². The van der Waals surface area contributed by atoms with Crippen LogP contribution in [0.2, 0.25) is 0 Å². The van der Waals surface area contributed by atoms with Gasteiger partial charge >= 0.3 is 0 Å². The van der Waals surface area contributed by atoms with Crippen molar-refractivity contribution in [2.24, 2.45) is 5.10 Å². The summed E-state index contributed by atoms with van der Waals surface area (Å²) in [5, 5.41) is 8.25. The van der Waals surface area contributed by atoms with Crippen LogP contribution in [0.4, 0.5) is 5.13 Å². The second kappa shape index (κ2) is 6.74. The van der Waals surface area contributed by atoms with Crippen LogP contribution in [0, 0.1) is 3.57 Å². The number of nitrogens with zero attached hydrogens (tertiary/aromatic N) is 2. The summed E-state index contributed by atoms with van der Waals surface area (Å²) in [6.07, 6.45) is 1.77. The van der Waals surface area contributed by atoms with Crippen LogP contribution >= 0.6 is 33.9 Å². The number of rotatable bonds is 4. The van der Waals surface area contributed by atoms with Crippen LogP contribution in [0.5, 0.6) is 0 Å². The second-order valence-electron chi connectivity index (χ2n) is 5.23. The van der Waals surface area contributed by atoms with E-state index in [1.807, 2.05) is 23.6 Å². The Morgan fingerprint density at radius 1 is 1.12 bits per heavy atom. The Bertz CT molecular complexity index is 968. The zero-order valence-corrected chi connectivity index (χ0v) is 15.5. The molecule has 2 heterocycles. The third kappa shape index (κ3) is 3.34. The lowest BCUT2D eigenvalue weighted by Gasteiger charge is -1.96. The van der Waals surface area contributed by atoms with Gasteiger partial charge in [-0.15, -0.1) is 11.3 Å². The Morgan fingerprint density at radius 2 is 1.96 bits per heavy atom. The van der Waals surface area contributed by atoms with Gasteiger partial charge in [-0.1, -0.05) is 30.3 Å². The molecular weight excluding hydrogens is 431 g/mol. The van der Waals surface area contributed by atoms with Gasteiger partial charge in [0.15, 0.2) is 0 Å². The van der Waals surface area contributed by atoms with E-state index in [4.69, 9.17) is 0 Å². The van der Waals surface area contributed by atoms with Crippen LogP contribution in [0.25, 0.3) is 22.2 Å². The maximum atomic E-state index is 4.57. The molecule has 0 amide bonds. The molecule has 4 aromatic rings. The average molecular weight is 444 g/mol. The van der Waals surface area contributed by atoms with Gasteiger partial charge in [0.1, 0.15) is 0 Å². The lowest BCUT2D eigenvalue weighted by atomic mass is 10.2. The van der Waals surface area contributed by atoms with Crippen LogP contribution < -0.4 is 5.43 Å². The summed E-state index contributed by atoms with van der Waals surface area (Å²) in [6.45, 7) is 0. The van der Waals surface area contributed by atoms with Crippen molar-refractivity contribution in [3.05, 3.63) is 69.2 Å². The molecule has 0 saturated carbocycles. The van der Waals surface area contributed by atoms with E-state index in [0.29, 0.717) is 0 Å². The van der Waals surface area contributed by atoms with Gasteiger partial charge in [0.25, 0.3) is 0 Å². The van der Waals surface area contributed by atoms with Crippen molar-refractivity contribution in [3.8, 4) is 11.3 Å². The highest BCUT2D eigenvalue weighted by Gasteiger charge is 2.04. The van der Waals surface area contributed by atoms with Crippen molar-refractivity contribution in [1.82, 2.24) is 9.97 Å². The van der Waals surface area contributed by atoms with E-state index >= 15 is 0 Å². The Kier molecular flexibility index (Phi) is 4.31. The molecule has 118 valence electrons. The van der Waals surface area contributed by atoms with Gasteiger partial charge in [0, 0.05) is 25.4 Å². The zero-order chi connectivity index (χ0) is 16.4. The predicted octanol–water partition coefficient (Wildman–Crippen LogP) is 5.34. The van der Waals surface area contributed by atoms with Crippen molar-refractivity contribution >= 4 is 56.2 Å². The largest absolute Gasteiger partial charge is 0.354 e. The first-order valence-corrected chi connectivity index (χ1v) is 9.32. The molecule has 0 fully saturated rings. The van der Waals surface area contributed by atoms with Gasteiger partial charge < -0.3 is 4.98 Å². The van der Waals surface area contributed by atoms with Crippen LogP contribution in [0.3, 0.4) is 0 Å². The smallest absolute Gasteiger partial charge is 0.203 e. The maximum absolute atomic E-state index is 4.57. The molecule has 0 unspecified atom stereocenters. The monoisotopic (exact) mass is 444 g/mol. The number of thiazole rings is 1. The number of aromatic nitrogens is 2. The molecule has 2 aromatic carbocycles. The van der Waals surface area contributed by atoms with E-state index in [1.54, 1.807) is 17.6 Å². The first-order valence-electron chi connectivity index (χ1n) is 7.36. The number of aromatic amines is 1. The molecule has 0 saturated heterocycles. The predicted molar refractivity (Wildman–Crippen MR) is 110 cm³/mol. The topological polar surface area (TPSA) is 53.1 Å². The molecule has 0 radical (unpaired) electrons. The van der Waals surface area contributed by atoms with Gasteiger partial charge in [0.05, 0.1) is 17.6 Å². The Balaban J connectivity index is 1.47. The molecule has 0 aliphatic heterocycles. The van der Waals surface area contributed by atoms with Crippen LogP contribution in [0.1, 0.15) is 5.69 Å². The summed E-state index contributed by atoms with van der Waals surface area (Å²) in [5.74, 6) is 0. The molecule has 24 heavy (non-hydrogen) atoms. The Morgan fingerprint density at radius 3 is 2.79 bits per heavy atom. The highest BCUT2D eigenvalue weighted by Crippen LogP contribution is 2.25. The lowest BCUT2D eigenvalue weighted by Crippen LogP contribution is -1.90. The first-order chi connectivity index (χ1) is 11.8. The van der Waals surface area contributed by atoms with Crippen LogP contribution in [-0.2, 0) is 0 Å². The number of anilines is 1. The summed E-state index contributed by atoms with van der Waals surface area (Å²) in [5.41, 5.74) is 7.13. The fourth-order valence-electron chi connectivity index (χ4n) is 2.40. The summed E-state index contributed by atoms with van der Waals surface area (Å²) in [7, 11) is 0. The van der Waals surface area contributed by atoms with E-state index in [-0.39, 0.29) is 0 Å². The summed E-state index contributed by atoms with van der Waals surface area (Å²) >= 11 is 3.84. The van der Waals surface area contributed by atoms with E-state index in [1.165, 1.54) is 8.96 Å². The van der Waals surface area contributed by atoms with Crippen LogP contribution in [0.15, 0.2) is 65.1 Å². The second-order valence-corrected chi connectivity index (χ2v) is 7.33. The minimum absolute atomic E-state index is 0.774. The van der Waals surface area contributed by atoms with Crippen molar-refractivity contribution in [2.75, 3.05) is 5.43 Å². The standard InChI is InChI=1S/C18H13IN4S/c19-14-7-5-12(6-8-14)17-11-24-18(22-17)23-20-10-15-9-13-3-1-2-4-16(13)21-15/h1-11,21H,(H,22,23)/b20-10-.